The minimum absolute atomic E-state index is 0.0301. The first-order valence-electron chi connectivity index (χ1n) is 19.9. The third-order valence-corrected chi connectivity index (χ3v) is 7.18. The SMILES string of the molecule is [2H]c1c([2H])c([2H])c2c(oc3c([2H])c(-c4c5c([2H])c([2H])c([2H])c([2H])c5c(-c5cccc6oc7ccccc7c56)c5c([2H])c([2H])c([2H])c([2H])c45)c([2H])c([2H])c32)c1[2H]. The first-order chi connectivity index (χ1) is 26.1. The first kappa shape index (κ1) is 11.8. The molecule has 2 heterocycles. The van der Waals surface area contributed by atoms with E-state index in [0.717, 1.165) is 0 Å². The molecule has 9 aromatic rings. The van der Waals surface area contributed by atoms with E-state index in [1.54, 1.807) is 42.5 Å². The van der Waals surface area contributed by atoms with Gasteiger partial charge in [-0.1, -0.05) is 103 Å². The van der Waals surface area contributed by atoms with Crippen LogP contribution in [-0.2, 0) is 0 Å². The van der Waals surface area contributed by atoms with Crippen molar-refractivity contribution in [2.45, 2.75) is 0 Å². The van der Waals surface area contributed by atoms with E-state index >= 15 is 0 Å². The van der Waals surface area contributed by atoms with Crippen molar-refractivity contribution in [1.29, 1.82) is 0 Å². The van der Waals surface area contributed by atoms with Crippen LogP contribution in [0.15, 0.2) is 142 Å². The Bertz CT molecular complexity index is 3190. The van der Waals surface area contributed by atoms with Gasteiger partial charge in [-0.2, -0.15) is 0 Å². The molecule has 0 N–H and O–H groups in total. The predicted molar refractivity (Wildman–Crippen MR) is 167 cm³/mol. The van der Waals surface area contributed by atoms with Crippen molar-refractivity contribution in [1.82, 2.24) is 0 Å². The fourth-order valence-electron chi connectivity index (χ4n) is 5.55. The van der Waals surface area contributed by atoms with E-state index in [9.17, 15) is 8.22 Å². The zero-order chi connectivity index (χ0) is 39.3. The maximum absolute atomic E-state index is 9.47. The molecule has 2 nitrogen and oxygen atoms in total. The zero-order valence-corrected chi connectivity index (χ0v) is 20.4. The summed E-state index contributed by atoms with van der Waals surface area (Å²) in [6.45, 7) is 0. The summed E-state index contributed by atoms with van der Waals surface area (Å²) >= 11 is 0. The average Bonchev–Trinajstić information content (AvgIpc) is 3.77. The number of hydrogen-bond acceptors (Lipinski definition) is 2. The molecule has 2 aromatic heterocycles. The summed E-state index contributed by atoms with van der Waals surface area (Å²) in [5.74, 6) is 0. The summed E-state index contributed by atoms with van der Waals surface area (Å²) in [7, 11) is 0. The number of para-hydroxylation sites is 2. The maximum atomic E-state index is 9.47. The summed E-state index contributed by atoms with van der Waals surface area (Å²) in [5.41, 5.74) is -0.334. The highest BCUT2D eigenvalue weighted by atomic mass is 16.3. The highest BCUT2D eigenvalue weighted by Crippen LogP contribution is 2.47. The smallest absolute Gasteiger partial charge is 0.136 e. The molecule has 0 unspecified atom stereocenters. The summed E-state index contributed by atoms with van der Waals surface area (Å²) < 4.78 is 146. The second kappa shape index (κ2) is 8.08. The van der Waals surface area contributed by atoms with Crippen LogP contribution in [0.5, 0.6) is 0 Å². The van der Waals surface area contributed by atoms with Gasteiger partial charge in [-0.15, -0.1) is 0 Å². The standard InChI is InChI=1S/C38H22O2/c1-3-13-28-26(11-1)36(23-20-21-25-24-10-5-7-17-32(24)40-35(25)22-23)27-12-2-4-14-29(27)37(28)31-16-9-19-34-38(31)30-15-6-8-18-33(30)39-34/h1-22H/i1D,2D,3D,4D,5D,7D,10D,11D,12D,13D,14D,17D,20D,21D,22D. The minimum Gasteiger partial charge on any atom is -0.456 e. The lowest BCUT2D eigenvalue weighted by Crippen LogP contribution is -1.91. The maximum Gasteiger partial charge on any atom is 0.136 e. The Labute approximate surface area is 250 Å². The molecule has 0 fully saturated rings. The van der Waals surface area contributed by atoms with Crippen LogP contribution in [0.3, 0.4) is 0 Å². The van der Waals surface area contributed by atoms with Crippen LogP contribution in [0.25, 0.3) is 87.7 Å². The molecular weight excluding hydrogens is 488 g/mol. The van der Waals surface area contributed by atoms with Crippen LogP contribution < -0.4 is 0 Å². The second-order valence-electron chi connectivity index (χ2n) is 9.29. The van der Waals surface area contributed by atoms with Gasteiger partial charge in [-0.05, 0) is 74.1 Å². The Morgan fingerprint density at radius 1 is 0.425 bits per heavy atom. The summed E-state index contributed by atoms with van der Waals surface area (Å²) in [4.78, 5) is 0. The summed E-state index contributed by atoms with van der Waals surface area (Å²) in [6.07, 6.45) is 0. The molecule has 9 rings (SSSR count). The van der Waals surface area contributed by atoms with Gasteiger partial charge in [0.15, 0.2) is 0 Å². The van der Waals surface area contributed by atoms with Gasteiger partial charge >= 0.3 is 0 Å². The lowest BCUT2D eigenvalue weighted by atomic mass is 9.85. The monoisotopic (exact) mass is 525 g/mol. The van der Waals surface area contributed by atoms with Crippen LogP contribution in [-0.4, -0.2) is 0 Å². The number of hydrogen-bond donors (Lipinski definition) is 0. The molecule has 0 spiro atoms. The van der Waals surface area contributed by atoms with Gasteiger partial charge < -0.3 is 8.83 Å². The van der Waals surface area contributed by atoms with E-state index in [1.807, 2.05) is 0 Å². The predicted octanol–water partition coefficient (Wildman–Crippen LogP) is 11.1. The molecule has 40 heavy (non-hydrogen) atoms. The molecule has 0 radical (unpaired) electrons. The molecule has 0 aliphatic heterocycles. The lowest BCUT2D eigenvalue weighted by Gasteiger charge is -2.18. The van der Waals surface area contributed by atoms with Crippen molar-refractivity contribution < 1.29 is 29.4 Å². The van der Waals surface area contributed by atoms with Crippen LogP contribution in [0.2, 0.25) is 0 Å². The van der Waals surface area contributed by atoms with E-state index in [2.05, 4.69) is 0 Å². The molecule has 0 saturated carbocycles. The number of furan rings is 2. The molecule has 0 aliphatic carbocycles. The molecule has 0 atom stereocenters. The molecular formula is C38H22O2. The van der Waals surface area contributed by atoms with Gasteiger partial charge in [-0.25, -0.2) is 0 Å². The van der Waals surface area contributed by atoms with Gasteiger partial charge in [0, 0.05) is 21.5 Å². The summed E-state index contributed by atoms with van der Waals surface area (Å²) in [6, 6.07) is 2.66. The van der Waals surface area contributed by atoms with Crippen molar-refractivity contribution in [3.8, 4) is 22.3 Å². The quantitative estimate of drug-likeness (QED) is 0.210. The fraction of sp³-hybridized carbons (Fsp3) is 0. The van der Waals surface area contributed by atoms with Crippen molar-refractivity contribution >= 4 is 65.4 Å². The highest BCUT2D eigenvalue weighted by molar-refractivity contribution is 6.26. The highest BCUT2D eigenvalue weighted by Gasteiger charge is 2.20. The van der Waals surface area contributed by atoms with Crippen LogP contribution >= 0.6 is 0 Å². The van der Waals surface area contributed by atoms with E-state index in [4.69, 9.17) is 21.2 Å². The Hall–Kier alpha value is -5.34. The molecule has 2 heteroatoms. The Morgan fingerprint density at radius 2 is 1.02 bits per heavy atom. The first-order valence-corrected chi connectivity index (χ1v) is 12.4. The minimum atomic E-state index is -0.703. The molecule has 186 valence electrons. The van der Waals surface area contributed by atoms with Crippen molar-refractivity contribution in [2.75, 3.05) is 0 Å². The van der Waals surface area contributed by atoms with Gasteiger partial charge in [0.2, 0.25) is 0 Å². The van der Waals surface area contributed by atoms with E-state index in [0.29, 0.717) is 27.5 Å². The van der Waals surface area contributed by atoms with Crippen LogP contribution in [0.4, 0.5) is 0 Å². The summed E-state index contributed by atoms with van der Waals surface area (Å²) in [5, 5.41) is -0.272. The van der Waals surface area contributed by atoms with Gasteiger partial charge in [0.1, 0.15) is 22.3 Å². The third kappa shape index (κ3) is 2.93. The molecule has 0 aliphatic rings. The topological polar surface area (TPSA) is 26.3 Å². The second-order valence-corrected chi connectivity index (χ2v) is 9.29. The van der Waals surface area contributed by atoms with Crippen LogP contribution in [0.1, 0.15) is 20.6 Å². The number of fused-ring (bicyclic) bond motifs is 8. The van der Waals surface area contributed by atoms with Crippen molar-refractivity contribution in [3.63, 3.8) is 0 Å². The Kier molecular flexibility index (Phi) is 2.39. The van der Waals surface area contributed by atoms with Gasteiger partial charge in [0.05, 0.1) is 20.6 Å². The van der Waals surface area contributed by atoms with Crippen molar-refractivity contribution in [3.05, 3.63) is 133 Å². The van der Waals surface area contributed by atoms with E-state index in [1.165, 1.54) is 0 Å². The Morgan fingerprint density at radius 3 is 1.80 bits per heavy atom. The van der Waals surface area contributed by atoms with Gasteiger partial charge in [0.25, 0.3) is 0 Å². The fourth-order valence-corrected chi connectivity index (χ4v) is 5.55. The third-order valence-electron chi connectivity index (χ3n) is 7.18. The van der Waals surface area contributed by atoms with Crippen molar-refractivity contribution in [2.24, 2.45) is 0 Å². The van der Waals surface area contributed by atoms with Gasteiger partial charge in [-0.3, -0.25) is 0 Å². The number of rotatable bonds is 2. The normalized spacial score (nSPS) is 17.2. The largest absolute Gasteiger partial charge is 0.456 e. The Balaban J connectivity index is 1.61. The van der Waals surface area contributed by atoms with E-state index < -0.39 is 102 Å². The molecule has 0 bridgehead atoms. The number of benzene rings is 7. The van der Waals surface area contributed by atoms with Crippen LogP contribution in [0, 0.1) is 0 Å². The lowest BCUT2D eigenvalue weighted by molar-refractivity contribution is 0.668. The average molecular weight is 526 g/mol. The molecule has 7 aromatic carbocycles. The van der Waals surface area contributed by atoms with E-state index in [-0.39, 0.29) is 49.0 Å². The zero-order valence-electron chi connectivity index (χ0n) is 35.4. The molecule has 0 amide bonds. The molecule has 0 saturated heterocycles.